The molecular weight excluding hydrogens is 204 g/mol. The number of hydrogen-bond acceptors (Lipinski definition) is 4. The lowest BCUT2D eigenvalue weighted by molar-refractivity contribution is 0.779. The average molecular weight is 216 g/mol. The van der Waals surface area contributed by atoms with Crippen LogP contribution in [0.15, 0.2) is 0 Å². The standard InChI is InChI=1S/C7H12N4S2/c1-3-11(4-2)6-5(12)7(13)9-10-8-6/h3-4H2,1-2H3,(H,10,12)(H,8,9,13). The van der Waals surface area contributed by atoms with Gasteiger partial charge in [0.15, 0.2) is 5.82 Å². The molecule has 1 rings (SSSR count). The van der Waals surface area contributed by atoms with Gasteiger partial charge in [-0.15, -0.1) is 5.10 Å². The van der Waals surface area contributed by atoms with Gasteiger partial charge in [-0.2, -0.15) is 0 Å². The van der Waals surface area contributed by atoms with Crippen molar-refractivity contribution in [2.24, 2.45) is 0 Å². The highest BCUT2D eigenvalue weighted by Crippen LogP contribution is 2.10. The van der Waals surface area contributed by atoms with Crippen LogP contribution in [0.4, 0.5) is 5.82 Å². The molecule has 0 aliphatic carbocycles. The summed E-state index contributed by atoms with van der Waals surface area (Å²) in [5.41, 5.74) is 0. The van der Waals surface area contributed by atoms with Crippen LogP contribution in [0, 0.1) is 9.15 Å². The fraction of sp³-hybridized carbons (Fsp3) is 0.571. The van der Waals surface area contributed by atoms with Gasteiger partial charge in [-0.25, -0.2) is 5.21 Å². The molecule has 72 valence electrons. The number of hydrogen-bond donors (Lipinski definition) is 2. The smallest absolute Gasteiger partial charge is 0.171 e. The SMILES string of the molecule is CCN(CC)c1n[nH][nH]c(=S)c1=S. The van der Waals surface area contributed by atoms with Crippen LogP contribution in [0.3, 0.4) is 0 Å². The minimum absolute atomic E-state index is 0.534. The van der Waals surface area contributed by atoms with Crippen molar-refractivity contribution in [3.8, 4) is 0 Å². The molecule has 0 aromatic carbocycles. The van der Waals surface area contributed by atoms with Crippen LogP contribution in [0.2, 0.25) is 0 Å². The largest absolute Gasteiger partial charge is 0.354 e. The summed E-state index contributed by atoms with van der Waals surface area (Å²) in [6, 6.07) is 0. The lowest BCUT2D eigenvalue weighted by Gasteiger charge is -2.18. The van der Waals surface area contributed by atoms with Crippen molar-refractivity contribution in [3.05, 3.63) is 9.15 Å². The number of nitrogens with one attached hydrogen (secondary N) is 2. The molecule has 0 spiro atoms. The van der Waals surface area contributed by atoms with Gasteiger partial charge in [-0.3, -0.25) is 5.10 Å². The van der Waals surface area contributed by atoms with Gasteiger partial charge in [0.1, 0.15) is 9.15 Å². The second-order valence-electron chi connectivity index (χ2n) is 2.50. The van der Waals surface area contributed by atoms with E-state index in [4.69, 9.17) is 24.4 Å². The third-order valence-corrected chi connectivity index (χ3v) is 2.63. The zero-order valence-corrected chi connectivity index (χ0v) is 9.26. The van der Waals surface area contributed by atoms with Crippen LogP contribution >= 0.6 is 24.4 Å². The zero-order valence-electron chi connectivity index (χ0n) is 7.63. The van der Waals surface area contributed by atoms with Crippen molar-refractivity contribution in [1.82, 2.24) is 15.4 Å². The van der Waals surface area contributed by atoms with E-state index in [1.165, 1.54) is 0 Å². The summed E-state index contributed by atoms with van der Waals surface area (Å²) in [7, 11) is 0. The Morgan fingerprint density at radius 1 is 1.31 bits per heavy atom. The highest BCUT2D eigenvalue weighted by atomic mass is 32.1. The van der Waals surface area contributed by atoms with Gasteiger partial charge in [-0.1, -0.05) is 24.4 Å². The first-order valence-corrected chi connectivity index (χ1v) is 4.94. The van der Waals surface area contributed by atoms with E-state index < -0.39 is 0 Å². The van der Waals surface area contributed by atoms with Crippen LogP contribution in [0.1, 0.15) is 13.8 Å². The van der Waals surface area contributed by atoms with E-state index in [0.717, 1.165) is 18.9 Å². The molecule has 0 bridgehead atoms. The van der Waals surface area contributed by atoms with Crippen LogP contribution in [-0.2, 0) is 0 Å². The predicted octanol–water partition coefficient (Wildman–Crippen LogP) is 2.04. The zero-order chi connectivity index (χ0) is 9.84. The summed E-state index contributed by atoms with van der Waals surface area (Å²) in [5.74, 6) is 0.753. The molecule has 6 heteroatoms. The van der Waals surface area contributed by atoms with E-state index in [0.29, 0.717) is 9.15 Å². The van der Waals surface area contributed by atoms with Gasteiger partial charge in [0.05, 0.1) is 0 Å². The quantitative estimate of drug-likeness (QED) is 0.759. The number of H-pyrrole nitrogens is 2. The molecule has 13 heavy (non-hydrogen) atoms. The number of nitrogens with zero attached hydrogens (tertiary/aromatic N) is 2. The van der Waals surface area contributed by atoms with Gasteiger partial charge in [-0.05, 0) is 13.8 Å². The molecule has 0 unspecified atom stereocenters. The van der Waals surface area contributed by atoms with Gasteiger partial charge in [0, 0.05) is 13.1 Å². The third-order valence-electron chi connectivity index (χ3n) is 1.80. The summed E-state index contributed by atoms with van der Waals surface area (Å²) in [5, 5.41) is 9.38. The van der Waals surface area contributed by atoms with Crippen molar-refractivity contribution in [2.75, 3.05) is 18.0 Å². The molecule has 0 fully saturated rings. The molecule has 0 radical (unpaired) electrons. The maximum Gasteiger partial charge on any atom is 0.171 e. The highest BCUT2D eigenvalue weighted by molar-refractivity contribution is 7.74. The molecule has 0 saturated heterocycles. The Morgan fingerprint density at radius 3 is 2.46 bits per heavy atom. The molecule has 1 heterocycles. The number of anilines is 1. The first-order valence-electron chi connectivity index (χ1n) is 4.13. The summed E-state index contributed by atoms with van der Waals surface area (Å²) in [6.45, 7) is 5.86. The second-order valence-corrected chi connectivity index (χ2v) is 3.32. The molecule has 0 aliphatic heterocycles. The van der Waals surface area contributed by atoms with Crippen molar-refractivity contribution >= 4 is 30.3 Å². The van der Waals surface area contributed by atoms with Crippen LogP contribution in [0.25, 0.3) is 0 Å². The molecule has 0 amide bonds. The fourth-order valence-corrected chi connectivity index (χ4v) is 1.44. The van der Waals surface area contributed by atoms with Crippen molar-refractivity contribution in [1.29, 1.82) is 0 Å². The maximum absolute atomic E-state index is 5.14. The van der Waals surface area contributed by atoms with Crippen LogP contribution in [0.5, 0.6) is 0 Å². The second kappa shape index (κ2) is 4.48. The summed E-state index contributed by atoms with van der Waals surface area (Å²) in [4.78, 5) is 2.06. The number of aromatic amines is 2. The first kappa shape index (κ1) is 10.3. The Labute approximate surface area is 87.0 Å². The predicted molar refractivity (Wildman–Crippen MR) is 58.2 cm³/mol. The number of rotatable bonds is 3. The van der Waals surface area contributed by atoms with Gasteiger partial charge < -0.3 is 4.90 Å². The third kappa shape index (κ3) is 2.13. The van der Waals surface area contributed by atoms with Crippen LogP contribution in [-0.4, -0.2) is 28.5 Å². The van der Waals surface area contributed by atoms with E-state index in [1.54, 1.807) is 0 Å². The Bertz CT molecular complexity index is 377. The molecule has 1 aromatic heterocycles. The number of aromatic nitrogens is 3. The van der Waals surface area contributed by atoms with E-state index >= 15 is 0 Å². The van der Waals surface area contributed by atoms with E-state index in [1.807, 2.05) is 0 Å². The van der Waals surface area contributed by atoms with Gasteiger partial charge in [0.25, 0.3) is 0 Å². The molecule has 0 aliphatic rings. The Balaban J connectivity index is 3.21. The van der Waals surface area contributed by atoms with E-state index in [9.17, 15) is 0 Å². The first-order chi connectivity index (χ1) is 6.20. The van der Waals surface area contributed by atoms with Gasteiger partial charge in [0.2, 0.25) is 0 Å². The van der Waals surface area contributed by atoms with Crippen LogP contribution < -0.4 is 4.90 Å². The summed E-state index contributed by atoms with van der Waals surface area (Å²) >= 11 is 10.1. The lowest BCUT2D eigenvalue weighted by Crippen LogP contribution is -2.24. The minimum Gasteiger partial charge on any atom is -0.354 e. The Hall–Kier alpha value is -0.750. The lowest BCUT2D eigenvalue weighted by atomic mass is 10.4. The van der Waals surface area contributed by atoms with E-state index in [-0.39, 0.29) is 0 Å². The normalized spacial score (nSPS) is 10.0. The Morgan fingerprint density at radius 2 is 1.92 bits per heavy atom. The topological polar surface area (TPSA) is 47.7 Å². The monoisotopic (exact) mass is 216 g/mol. The summed E-state index contributed by atoms with van der Waals surface area (Å²) in [6.07, 6.45) is 0. The molecule has 1 aromatic rings. The van der Waals surface area contributed by atoms with Gasteiger partial charge >= 0.3 is 0 Å². The molecule has 0 atom stereocenters. The highest BCUT2D eigenvalue weighted by Gasteiger charge is 2.05. The Kier molecular flexibility index (Phi) is 3.56. The molecule has 2 N–H and O–H groups in total. The maximum atomic E-state index is 5.14. The molecule has 0 saturated carbocycles. The molecular formula is C7H12N4S2. The molecule has 4 nitrogen and oxygen atoms in total. The average Bonchev–Trinajstić information content (AvgIpc) is 2.14. The van der Waals surface area contributed by atoms with Crippen molar-refractivity contribution in [2.45, 2.75) is 13.8 Å². The van der Waals surface area contributed by atoms with E-state index in [2.05, 4.69) is 34.2 Å². The van der Waals surface area contributed by atoms with Crippen molar-refractivity contribution in [3.63, 3.8) is 0 Å². The fourth-order valence-electron chi connectivity index (χ4n) is 1.08. The summed E-state index contributed by atoms with van der Waals surface area (Å²) < 4.78 is 1.14. The van der Waals surface area contributed by atoms with Crippen molar-refractivity contribution < 1.29 is 0 Å². The minimum atomic E-state index is 0.534.